The molecule has 224 valence electrons. The second-order valence-corrected chi connectivity index (χ2v) is 8.06. The Bertz CT molecular complexity index is 1750. The van der Waals surface area contributed by atoms with E-state index in [1.807, 2.05) is 0 Å². The van der Waals surface area contributed by atoms with E-state index < -0.39 is 91.8 Å². The van der Waals surface area contributed by atoms with E-state index in [4.69, 9.17) is 0 Å². The zero-order valence-electron chi connectivity index (χ0n) is 20.4. The number of hydrogen-bond acceptors (Lipinski definition) is 8. The minimum Gasteiger partial charge on any atom is -0.224 e. The molecule has 3 aromatic rings. The van der Waals surface area contributed by atoms with Crippen LogP contribution in [0.5, 0.6) is 0 Å². The molecule has 0 aliphatic carbocycles. The van der Waals surface area contributed by atoms with Crippen LogP contribution >= 0.6 is 0 Å². The summed E-state index contributed by atoms with van der Waals surface area (Å²) >= 11 is 0. The Morgan fingerprint density at radius 3 is 1.02 bits per heavy atom. The zero-order valence-corrected chi connectivity index (χ0v) is 20.4. The van der Waals surface area contributed by atoms with Crippen molar-refractivity contribution in [2.24, 2.45) is 0 Å². The lowest BCUT2D eigenvalue weighted by Crippen LogP contribution is -2.24. The van der Waals surface area contributed by atoms with E-state index in [9.17, 15) is 73.7 Å². The fraction of sp³-hybridized carbons (Fsp3) is 0.167. The van der Waals surface area contributed by atoms with Gasteiger partial charge in [0.1, 0.15) is 23.5 Å². The monoisotopic (exact) mass is 632 g/mol. The second kappa shape index (κ2) is 11.1. The van der Waals surface area contributed by atoms with Gasteiger partial charge in [-0.15, -0.1) is 0 Å². The summed E-state index contributed by atoms with van der Waals surface area (Å²) in [5, 5.41) is 36.9. The van der Waals surface area contributed by atoms with Crippen molar-refractivity contribution in [1.82, 2.24) is 19.9 Å². The first-order chi connectivity index (χ1) is 20.1. The summed E-state index contributed by atoms with van der Waals surface area (Å²) in [5.41, 5.74) is -11.0. The normalized spacial score (nSPS) is 13.6. The molecule has 0 saturated heterocycles. The van der Waals surface area contributed by atoms with Gasteiger partial charge in [0.05, 0.1) is 45.8 Å². The van der Waals surface area contributed by atoms with E-state index in [1.165, 1.54) is 24.3 Å². The van der Waals surface area contributed by atoms with Gasteiger partial charge in [0.25, 0.3) is 0 Å². The van der Waals surface area contributed by atoms with E-state index in [1.54, 1.807) is 0 Å². The highest BCUT2D eigenvalue weighted by atomic mass is 19.4. The molecule has 44 heavy (non-hydrogen) atoms. The standard InChI is InChI=1S/C24H4F12N8/c25-21(26,27)17-3-15(41-19(43-17)23(31,32)33)13(7-39)11-1-9(5-37)12(2-10(11)6-38)14(8-40)16-4-18(22(28,29)30)44-20(42-16)24(34,35)36/h1-4H/b13-11+,14-12+. The van der Waals surface area contributed by atoms with Gasteiger partial charge in [-0.3, -0.25) is 0 Å². The topological polar surface area (TPSA) is 147 Å². The van der Waals surface area contributed by atoms with E-state index in [2.05, 4.69) is 19.9 Å². The Labute approximate surface area is 234 Å². The zero-order chi connectivity index (χ0) is 33.4. The maximum Gasteiger partial charge on any atom is 0.451 e. The fourth-order valence-corrected chi connectivity index (χ4v) is 3.40. The van der Waals surface area contributed by atoms with Crippen molar-refractivity contribution in [2.45, 2.75) is 24.7 Å². The number of halogens is 12. The van der Waals surface area contributed by atoms with Crippen LogP contribution in [-0.4, -0.2) is 19.9 Å². The average Bonchev–Trinajstić information content (AvgIpc) is 2.92. The molecule has 0 N–H and O–H groups in total. The Balaban J connectivity index is 2.55. The summed E-state index contributed by atoms with van der Waals surface area (Å²) in [5.74, 6) is -4.67. The number of hydrogen-bond donors (Lipinski definition) is 0. The largest absolute Gasteiger partial charge is 0.451 e. The molecule has 20 heteroatoms. The van der Waals surface area contributed by atoms with Gasteiger partial charge in [0, 0.05) is 10.4 Å². The smallest absolute Gasteiger partial charge is 0.224 e. The van der Waals surface area contributed by atoms with Crippen molar-refractivity contribution in [3.05, 3.63) is 80.3 Å². The highest BCUT2D eigenvalue weighted by Gasteiger charge is 2.42. The lowest BCUT2D eigenvalue weighted by Gasteiger charge is -2.12. The molecule has 0 amide bonds. The Morgan fingerprint density at radius 1 is 0.477 bits per heavy atom. The van der Waals surface area contributed by atoms with Crippen LogP contribution in [0.4, 0.5) is 52.7 Å². The van der Waals surface area contributed by atoms with E-state index in [0.29, 0.717) is 12.1 Å². The predicted octanol–water partition coefficient (Wildman–Crippen LogP) is 4.53. The number of alkyl halides is 12. The van der Waals surface area contributed by atoms with E-state index >= 15 is 0 Å². The molecule has 0 aliphatic heterocycles. The molecule has 0 unspecified atom stereocenters. The van der Waals surface area contributed by atoms with Gasteiger partial charge in [0.2, 0.25) is 11.6 Å². The van der Waals surface area contributed by atoms with Crippen LogP contribution in [0.15, 0.2) is 24.3 Å². The lowest BCUT2D eigenvalue weighted by molar-refractivity contribution is -0.154. The van der Waals surface area contributed by atoms with Crippen molar-refractivity contribution >= 4 is 11.1 Å². The van der Waals surface area contributed by atoms with Crippen molar-refractivity contribution in [3.63, 3.8) is 0 Å². The molecule has 3 rings (SSSR count). The first-order valence-corrected chi connectivity index (χ1v) is 10.8. The lowest BCUT2D eigenvalue weighted by atomic mass is 9.97. The van der Waals surface area contributed by atoms with Crippen LogP contribution < -0.4 is 10.4 Å². The Hall–Kier alpha value is -5.76. The van der Waals surface area contributed by atoms with Gasteiger partial charge < -0.3 is 0 Å². The molecule has 0 fully saturated rings. The summed E-state index contributed by atoms with van der Waals surface area (Å²) in [6.45, 7) is 0. The summed E-state index contributed by atoms with van der Waals surface area (Å²) < 4.78 is 159. The van der Waals surface area contributed by atoms with Gasteiger partial charge in [-0.1, -0.05) is 0 Å². The third kappa shape index (κ3) is 6.65. The molecule has 0 bridgehead atoms. The molecule has 0 spiro atoms. The predicted molar refractivity (Wildman–Crippen MR) is 115 cm³/mol. The number of rotatable bonds is 2. The van der Waals surface area contributed by atoms with Crippen molar-refractivity contribution in [1.29, 1.82) is 21.0 Å². The molecule has 8 nitrogen and oxygen atoms in total. The third-order valence-electron chi connectivity index (χ3n) is 5.21. The van der Waals surface area contributed by atoms with Gasteiger partial charge in [-0.2, -0.15) is 73.7 Å². The highest BCUT2D eigenvalue weighted by molar-refractivity contribution is 5.79. The summed E-state index contributed by atoms with van der Waals surface area (Å²) in [7, 11) is 0. The molecule has 0 radical (unpaired) electrons. The Morgan fingerprint density at radius 2 is 0.795 bits per heavy atom. The van der Waals surface area contributed by atoms with Gasteiger partial charge in [0.15, 0.2) is 0 Å². The average molecular weight is 632 g/mol. The van der Waals surface area contributed by atoms with Gasteiger partial charge in [-0.25, -0.2) is 19.9 Å². The molecule has 0 saturated carbocycles. The number of benzene rings is 1. The molecular formula is C24H4F12N8. The maximum absolute atomic E-state index is 13.3. The van der Waals surface area contributed by atoms with Crippen molar-refractivity contribution < 1.29 is 52.7 Å². The first-order valence-electron chi connectivity index (χ1n) is 10.8. The SMILES string of the molecule is N#C/C(c1cc(C(F)(F)F)nc(C(F)(F)F)n1)=c1/cc(C#N)/c(=C(\C#N)c2cc(C(F)(F)F)nc(C(F)(F)F)n2)cc1C#N. The molecule has 2 heterocycles. The fourth-order valence-electron chi connectivity index (χ4n) is 3.40. The van der Waals surface area contributed by atoms with E-state index in [-0.39, 0.29) is 12.1 Å². The minimum absolute atomic E-state index is 0.0695. The van der Waals surface area contributed by atoms with Crippen LogP contribution in [0.25, 0.3) is 11.1 Å². The number of nitrogens with zero attached hydrogens (tertiary/aromatic N) is 8. The van der Waals surface area contributed by atoms with Crippen LogP contribution in [0.2, 0.25) is 0 Å². The second-order valence-electron chi connectivity index (χ2n) is 8.06. The van der Waals surface area contributed by atoms with Crippen LogP contribution in [0, 0.1) is 45.3 Å². The molecule has 0 aliphatic rings. The summed E-state index contributed by atoms with van der Waals surface area (Å²) in [4.78, 5) is 10.6. The number of nitriles is 4. The maximum atomic E-state index is 13.3. The highest BCUT2D eigenvalue weighted by Crippen LogP contribution is 2.34. The Kier molecular flexibility index (Phi) is 8.30. The quantitative estimate of drug-likeness (QED) is 0.375. The van der Waals surface area contributed by atoms with Crippen LogP contribution in [-0.2, 0) is 24.7 Å². The van der Waals surface area contributed by atoms with Crippen LogP contribution in [0.3, 0.4) is 0 Å². The van der Waals surface area contributed by atoms with Gasteiger partial charge in [-0.05, 0) is 24.3 Å². The number of aromatic nitrogens is 4. The van der Waals surface area contributed by atoms with Crippen molar-refractivity contribution in [3.8, 4) is 24.3 Å². The minimum atomic E-state index is -5.56. The molecule has 0 atom stereocenters. The first kappa shape index (κ1) is 32.8. The molecule has 1 aromatic carbocycles. The molecular weight excluding hydrogens is 628 g/mol. The van der Waals surface area contributed by atoms with E-state index in [0.717, 1.165) is 0 Å². The summed E-state index contributed by atoms with van der Waals surface area (Å²) in [6, 6.07) is 6.09. The summed E-state index contributed by atoms with van der Waals surface area (Å²) in [6.07, 6.45) is -22.1. The third-order valence-corrected chi connectivity index (χ3v) is 5.21. The van der Waals surface area contributed by atoms with Crippen LogP contribution in [0.1, 0.15) is 45.6 Å². The molecule has 2 aromatic heterocycles. The van der Waals surface area contributed by atoms with Crippen molar-refractivity contribution in [2.75, 3.05) is 0 Å². The van der Waals surface area contributed by atoms with Gasteiger partial charge >= 0.3 is 24.7 Å².